The Labute approximate surface area is 124 Å². The van der Waals surface area contributed by atoms with Gasteiger partial charge in [0.25, 0.3) is 0 Å². The molecule has 2 nitrogen and oxygen atoms in total. The van der Waals surface area contributed by atoms with E-state index in [2.05, 4.69) is 46.8 Å². The highest BCUT2D eigenvalue weighted by Crippen LogP contribution is 2.32. The minimum atomic E-state index is 0.607. The predicted octanol–water partition coefficient (Wildman–Crippen LogP) is 4.73. The van der Waals surface area contributed by atoms with E-state index in [0.29, 0.717) is 12.0 Å². The molecule has 0 atom stereocenters. The van der Waals surface area contributed by atoms with E-state index in [1.54, 1.807) is 0 Å². The molecule has 1 saturated carbocycles. The van der Waals surface area contributed by atoms with Crippen molar-refractivity contribution in [2.24, 2.45) is 5.92 Å². The number of hydrogen-bond donors (Lipinski definition) is 0. The maximum Gasteiger partial charge on any atom is 0.101 e. The van der Waals surface area contributed by atoms with Crippen molar-refractivity contribution < 1.29 is 0 Å². The molecule has 0 amide bonds. The molecule has 0 aromatic heterocycles. The average molecular weight is 321 g/mol. The zero-order chi connectivity index (χ0) is 13.8. The van der Waals surface area contributed by atoms with Gasteiger partial charge in [0.15, 0.2) is 0 Å². The molecule has 1 aliphatic rings. The van der Waals surface area contributed by atoms with Crippen LogP contribution in [0.5, 0.6) is 0 Å². The summed E-state index contributed by atoms with van der Waals surface area (Å²) in [5.74, 6) is 0.607. The van der Waals surface area contributed by atoms with Crippen LogP contribution in [0.4, 0.5) is 5.69 Å². The van der Waals surface area contributed by atoms with Crippen molar-refractivity contribution >= 4 is 21.6 Å². The standard InChI is InChI=1S/C16H21BrN2/c1-12(2)11-19(15-5-3-4-6-15)16-8-7-14(17)9-13(16)10-18/h7-9,12,15H,3-6,11H2,1-2H3. The third kappa shape index (κ3) is 3.51. The first-order valence-corrected chi connectivity index (χ1v) is 7.87. The molecule has 1 aromatic rings. The Morgan fingerprint density at radius 3 is 2.63 bits per heavy atom. The summed E-state index contributed by atoms with van der Waals surface area (Å²) >= 11 is 3.45. The molecule has 1 aromatic carbocycles. The molecule has 19 heavy (non-hydrogen) atoms. The number of nitriles is 1. The van der Waals surface area contributed by atoms with E-state index in [9.17, 15) is 5.26 Å². The van der Waals surface area contributed by atoms with E-state index in [1.165, 1.54) is 25.7 Å². The van der Waals surface area contributed by atoms with Gasteiger partial charge >= 0.3 is 0 Å². The summed E-state index contributed by atoms with van der Waals surface area (Å²) in [6.07, 6.45) is 5.15. The summed E-state index contributed by atoms with van der Waals surface area (Å²) in [4.78, 5) is 2.46. The Morgan fingerprint density at radius 1 is 1.37 bits per heavy atom. The van der Waals surface area contributed by atoms with Gasteiger partial charge in [0.05, 0.1) is 11.3 Å². The Bertz CT molecular complexity index is 470. The Morgan fingerprint density at radius 2 is 2.05 bits per heavy atom. The highest BCUT2D eigenvalue weighted by molar-refractivity contribution is 9.10. The summed E-state index contributed by atoms with van der Waals surface area (Å²) in [6.45, 7) is 5.51. The van der Waals surface area contributed by atoms with Gasteiger partial charge in [0, 0.05) is 17.1 Å². The highest BCUT2D eigenvalue weighted by Gasteiger charge is 2.25. The molecule has 0 aliphatic heterocycles. The molecular formula is C16H21BrN2. The molecule has 0 spiro atoms. The lowest BCUT2D eigenvalue weighted by Gasteiger charge is -2.33. The quantitative estimate of drug-likeness (QED) is 0.802. The molecule has 1 aliphatic carbocycles. The molecule has 2 rings (SSSR count). The van der Waals surface area contributed by atoms with Crippen LogP contribution in [-0.2, 0) is 0 Å². The van der Waals surface area contributed by atoms with Crippen molar-refractivity contribution in [1.29, 1.82) is 5.26 Å². The van der Waals surface area contributed by atoms with Gasteiger partial charge in [-0.1, -0.05) is 42.6 Å². The fourth-order valence-electron chi connectivity index (χ4n) is 2.90. The Balaban J connectivity index is 2.34. The first-order valence-electron chi connectivity index (χ1n) is 7.08. The van der Waals surface area contributed by atoms with Crippen LogP contribution >= 0.6 is 15.9 Å². The minimum absolute atomic E-state index is 0.607. The first-order chi connectivity index (χ1) is 9.11. The average Bonchev–Trinajstić information content (AvgIpc) is 2.89. The lowest BCUT2D eigenvalue weighted by atomic mass is 10.1. The first kappa shape index (κ1) is 14.4. The van der Waals surface area contributed by atoms with E-state index < -0.39 is 0 Å². The smallest absolute Gasteiger partial charge is 0.101 e. The Hall–Kier alpha value is -1.01. The largest absolute Gasteiger partial charge is 0.367 e. The van der Waals surface area contributed by atoms with Crippen molar-refractivity contribution in [2.45, 2.75) is 45.6 Å². The summed E-state index contributed by atoms with van der Waals surface area (Å²) in [7, 11) is 0. The van der Waals surface area contributed by atoms with Gasteiger partial charge in [-0.05, 0) is 37.0 Å². The van der Waals surface area contributed by atoms with E-state index in [1.807, 2.05) is 12.1 Å². The van der Waals surface area contributed by atoms with Crippen molar-refractivity contribution in [1.82, 2.24) is 0 Å². The lowest BCUT2D eigenvalue weighted by Crippen LogP contribution is -2.36. The third-order valence-corrected chi connectivity index (χ3v) is 4.21. The van der Waals surface area contributed by atoms with Crippen LogP contribution in [0.1, 0.15) is 45.1 Å². The van der Waals surface area contributed by atoms with E-state index in [0.717, 1.165) is 22.3 Å². The van der Waals surface area contributed by atoms with Crippen LogP contribution < -0.4 is 4.90 Å². The number of nitrogens with zero attached hydrogens (tertiary/aromatic N) is 2. The van der Waals surface area contributed by atoms with E-state index >= 15 is 0 Å². The van der Waals surface area contributed by atoms with Gasteiger partial charge in [0.2, 0.25) is 0 Å². The molecule has 0 heterocycles. The van der Waals surface area contributed by atoms with Crippen molar-refractivity contribution in [3.8, 4) is 6.07 Å². The van der Waals surface area contributed by atoms with Crippen LogP contribution in [-0.4, -0.2) is 12.6 Å². The van der Waals surface area contributed by atoms with E-state index in [4.69, 9.17) is 0 Å². The van der Waals surface area contributed by atoms with Gasteiger partial charge in [-0.3, -0.25) is 0 Å². The van der Waals surface area contributed by atoms with Crippen LogP contribution in [0.25, 0.3) is 0 Å². The maximum absolute atomic E-state index is 9.37. The topological polar surface area (TPSA) is 27.0 Å². The fraction of sp³-hybridized carbons (Fsp3) is 0.562. The third-order valence-electron chi connectivity index (χ3n) is 3.72. The summed E-state index contributed by atoms with van der Waals surface area (Å²) < 4.78 is 0.976. The number of anilines is 1. The van der Waals surface area contributed by atoms with Gasteiger partial charge in [-0.2, -0.15) is 5.26 Å². The van der Waals surface area contributed by atoms with Gasteiger partial charge < -0.3 is 4.90 Å². The zero-order valence-corrected chi connectivity index (χ0v) is 13.3. The molecule has 3 heteroatoms. The molecule has 102 valence electrons. The van der Waals surface area contributed by atoms with Crippen molar-refractivity contribution in [2.75, 3.05) is 11.4 Å². The number of hydrogen-bond acceptors (Lipinski definition) is 2. The highest BCUT2D eigenvalue weighted by atomic mass is 79.9. The second-order valence-corrected chi connectivity index (χ2v) is 6.67. The molecule has 0 unspecified atom stereocenters. The monoisotopic (exact) mass is 320 g/mol. The fourth-order valence-corrected chi connectivity index (χ4v) is 3.26. The molecule has 0 saturated heterocycles. The number of benzene rings is 1. The lowest BCUT2D eigenvalue weighted by molar-refractivity contribution is 0.535. The SMILES string of the molecule is CC(C)CN(c1ccc(Br)cc1C#N)C1CCCC1. The van der Waals surface area contributed by atoms with Crippen molar-refractivity contribution in [3.05, 3.63) is 28.2 Å². The normalized spacial score (nSPS) is 15.7. The maximum atomic E-state index is 9.37. The van der Waals surface area contributed by atoms with Crippen LogP contribution in [0.2, 0.25) is 0 Å². The Kier molecular flexibility index (Phi) is 4.87. The van der Waals surface area contributed by atoms with Gasteiger partial charge in [-0.15, -0.1) is 0 Å². The van der Waals surface area contributed by atoms with Crippen LogP contribution in [0.3, 0.4) is 0 Å². The van der Waals surface area contributed by atoms with Gasteiger partial charge in [-0.25, -0.2) is 0 Å². The van der Waals surface area contributed by atoms with Crippen molar-refractivity contribution in [3.63, 3.8) is 0 Å². The number of rotatable bonds is 4. The zero-order valence-electron chi connectivity index (χ0n) is 11.7. The second kappa shape index (κ2) is 6.43. The number of halogens is 1. The van der Waals surface area contributed by atoms with Crippen LogP contribution in [0.15, 0.2) is 22.7 Å². The minimum Gasteiger partial charge on any atom is -0.367 e. The molecule has 0 N–H and O–H groups in total. The van der Waals surface area contributed by atoms with Gasteiger partial charge in [0.1, 0.15) is 6.07 Å². The van der Waals surface area contributed by atoms with E-state index in [-0.39, 0.29) is 0 Å². The molecule has 1 fully saturated rings. The molecule has 0 radical (unpaired) electrons. The van der Waals surface area contributed by atoms with Crippen LogP contribution in [0, 0.1) is 17.2 Å². The molecular weight excluding hydrogens is 300 g/mol. The summed E-state index contributed by atoms with van der Waals surface area (Å²) in [5.41, 5.74) is 1.88. The second-order valence-electron chi connectivity index (χ2n) is 5.76. The summed E-state index contributed by atoms with van der Waals surface area (Å²) in [6, 6.07) is 9.00. The molecule has 0 bridgehead atoms. The predicted molar refractivity (Wildman–Crippen MR) is 83.3 cm³/mol. The summed E-state index contributed by atoms with van der Waals surface area (Å²) in [5, 5.41) is 9.37.